The molecule has 1 atom stereocenters. The number of aromatic nitrogens is 2. The Morgan fingerprint density at radius 1 is 1.09 bits per heavy atom. The average Bonchev–Trinajstić information content (AvgIpc) is 3.09. The lowest BCUT2D eigenvalue weighted by Gasteiger charge is -2.35. The van der Waals surface area contributed by atoms with E-state index in [1.54, 1.807) is 24.7 Å². The largest absolute Gasteiger partial charge is 0.322 e. The van der Waals surface area contributed by atoms with Gasteiger partial charge in [-0.25, -0.2) is 9.37 Å². The van der Waals surface area contributed by atoms with Gasteiger partial charge < -0.3 is 4.57 Å². The van der Waals surface area contributed by atoms with E-state index < -0.39 is 5.54 Å². The molecule has 0 aliphatic rings. The molecule has 114 valence electrons. The molecule has 0 aliphatic carbocycles. The maximum Gasteiger partial charge on any atom is 0.123 e. The Hall–Kier alpha value is -2.57. The van der Waals surface area contributed by atoms with Crippen LogP contribution in [0.1, 0.15) is 17.5 Å². The molecule has 0 N–H and O–H groups in total. The third-order valence-corrected chi connectivity index (χ3v) is 4.20. The van der Waals surface area contributed by atoms with E-state index >= 15 is 0 Å². The van der Waals surface area contributed by atoms with Gasteiger partial charge in [-0.15, -0.1) is 12.3 Å². The van der Waals surface area contributed by atoms with Crippen molar-refractivity contribution in [3.63, 3.8) is 0 Å². The van der Waals surface area contributed by atoms with Crippen LogP contribution >= 0.6 is 11.6 Å². The van der Waals surface area contributed by atoms with Gasteiger partial charge in [0.2, 0.25) is 0 Å². The quantitative estimate of drug-likeness (QED) is 0.646. The van der Waals surface area contributed by atoms with Gasteiger partial charge >= 0.3 is 0 Å². The molecule has 0 spiro atoms. The number of hydrogen-bond donors (Lipinski definition) is 0. The first-order valence-corrected chi connectivity index (χ1v) is 7.48. The first-order chi connectivity index (χ1) is 11.2. The van der Waals surface area contributed by atoms with E-state index in [2.05, 4.69) is 10.9 Å². The number of nitrogens with zero attached hydrogens (tertiary/aromatic N) is 2. The second-order valence-electron chi connectivity index (χ2n) is 5.22. The molecular weight excluding hydrogens is 311 g/mol. The SMILES string of the molecule is C#CCC(c1ccc(F)cc1)(c1ccc(Cl)cc1)n1ccnc1. The molecule has 0 bridgehead atoms. The fourth-order valence-corrected chi connectivity index (χ4v) is 2.97. The van der Waals surface area contributed by atoms with Crippen LogP contribution in [0.25, 0.3) is 0 Å². The summed E-state index contributed by atoms with van der Waals surface area (Å²) in [5.74, 6) is 2.46. The van der Waals surface area contributed by atoms with Crippen LogP contribution in [0, 0.1) is 18.2 Å². The van der Waals surface area contributed by atoms with Crippen molar-refractivity contribution in [3.8, 4) is 12.3 Å². The van der Waals surface area contributed by atoms with Crippen LogP contribution in [-0.2, 0) is 5.54 Å². The third kappa shape index (κ3) is 2.74. The highest BCUT2D eigenvalue weighted by atomic mass is 35.5. The van der Waals surface area contributed by atoms with Gasteiger partial charge in [0, 0.05) is 23.8 Å². The van der Waals surface area contributed by atoms with Crippen molar-refractivity contribution in [1.29, 1.82) is 0 Å². The van der Waals surface area contributed by atoms with Crippen LogP contribution in [0.2, 0.25) is 5.02 Å². The Bertz CT molecular complexity index is 770. The highest BCUT2D eigenvalue weighted by Gasteiger charge is 2.35. The summed E-state index contributed by atoms with van der Waals surface area (Å²) < 4.78 is 15.3. The zero-order chi connectivity index (χ0) is 16.3. The minimum absolute atomic E-state index is 0.287. The third-order valence-electron chi connectivity index (χ3n) is 3.95. The van der Waals surface area contributed by atoms with E-state index in [-0.39, 0.29) is 5.82 Å². The Balaban J connectivity index is 2.29. The van der Waals surface area contributed by atoms with Crippen molar-refractivity contribution in [2.75, 3.05) is 0 Å². The lowest BCUT2D eigenvalue weighted by molar-refractivity contribution is 0.440. The topological polar surface area (TPSA) is 17.8 Å². The molecule has 1 unspecified atom stereocenters. The number of halogens is 2. The predicted molar refractivity (Wildman–Crippen MR) is 89.7 cm³/mol. The van der Waals surface area contributed by atoms with Gasteiger partial charge in [-0.3, -0.25) is 0 Å². The smallest absolute Gasteiger partial charge is 0.123 e. The molecule has 2 nitrogen and oxygen atoms in total. The number of imidazole rings is 1. The molecule has 2 aromatic carbocycles. The van der Waals surface area contributed by atoms with Gasteiger partial charge in [0.05, 0.1) is 6.33 Å². The second kappa shape index (κ2) is 6.28. The first kappa shape index (κ1) is 15.3. The van der Waals surface area contributed by atoms with Crippen LogP contribution in [-0.4, -0.2) is 9.55 Å². The van der Waals surface area contributed by atoms with Crippen molar-refractivity contribution in [2.24, 2.45) is 0 Å². The van der Waals surface area contributed by atoms with Crippen LogP contribution in [0.4, 0.5) is 4.39 Å². The molecule has 0 radical (unpaired) electrons. The maximum absolute atomic E-state index is 13.4. The van der Waals surface area contributed by atoms with Gasteiger partial charge in [0.1, 0.15) is 11.4 Å². The van der Waals surface area contributed by atoms with Crippen molar-refractivity contribution in [3.05, 3.63) is 89.2 Å². The summed E-state index contributed by atoms with van der Waals surface area (Å²) in [5, 5.41) is 0.646. The Labute approximate surface area is 139 Å². The number of terminal acetylenes is 1. The van der Waals surface area contributed by atoms with Crippen LogP contribution in [0.5, 0.6) is 0 Å². The molecule has 0 aliphatic heterocycles. The fourth-order valence-electron chi connectivity index (χ4n) is 2.84. The molecule has 23 heavy (non-hydrogen) atoms. The van der Waals surface area contributed by atoms with E-state index in [9.17, 15) is 4.39 Å². The highest BCUT2D eigenvalue weighted by molar-refractivity contribution is 6.30. The van der Waals surface area contributed by atoms with E-state index in [1.165, 1.54) is 12.1 Å². The zero-order valence-corrected chi connectivity index (χ0v) is 13.0. The summed E-state index contributed by atoms with van der Waals surface area (Å²) in [7, 11) is 0. The van der Waals surface area contributed by atoms with Gasteiger partial charge in [-0.05, 0) is 35.4 Å². The molecular formula is C19H14ClFN2. The molecule has 0 saturated heterocycles. The van der Waals surface area contributed by atoms with Crippen molar-refractivity contribution in [1.82, 2.24) is 9.55 Å². The van der Waals surface area contributed by atoms with Crippen LogP contribution in [0.3, 0.4) is 0 Å². The summed E-state index contributed by atoms with van der Waals surface area (Å²) in [5.41, 5.74) is 1.19. The Kier molecular flexibility index (Phi) is 4.18. The van der Waals surface area contributed by atoms with Crippen LogP contribution in [0.15, 0.2) is 67.3 Å². The Morgan fingerprint density at radius 2 is 1.70 bits per heavy atom. The minimum atomic E-state index is -0.663. The summed E-state index contributed by atoms with van der Waals surface area (Å²) in [6, 6.07) is 13.9. The summed E-state index contributed by atoms with van der Waals surface area (Å²) >= 11 is 6.02. The van der Waals surface area contributed by atoms with Crippen molar-refractivity contribution < 1.29 is 4.39 Å². The molecule has 0 saturated carbocycles. The molecule has 4 heteroatoms. The second-order valence-corrected chi connectivity index (χ2v) is 5.66. The standard InChI is InChI=1S/C19H14ClFN2/c1-2-11-19(23-13-12-22-14-23,15-3-7-17(20)8-4-15)16-5-9-18(21)10-6-16/h1,3-10,12-14H,11H2. The van der Waals surface area contributed by atoms with Crippen LogP contribution < -0.4 is 0 Å². The molecule has 3 aromatic rings. The van der Waals surface area contributed by atoms with Gasteiger partial charge in [0.15, 0.2) is 0 Å². The maximum atomic E-state index is 13.4. The highest BCUT2D eigenvalue weighted by Crippen LogP contribution is 2.37. The minimum Gasteiger partial charge on any atom is -0.322 e. The van der Waals surface area contributed by atoms with Crippen molar-refractivity contribution in [2.45, 2.75) is 12.0 Å². The summed E-state index contributed by atoms with van der Waals surface area (Å²) in [6.45, 7) is 0. The summed E-state index contributed by atoms with van der Waals surface area (Å²) in [4.78, 5) is 4.15. The zero-order valence-electron chi connectivity index (χ0n) is 12.3. The van der Waals surface area contributed by atoms with E-state index in [4.69, 9.17) is 18.0 Å². The molecule has 0 fully saturated rings. The normalized spacial score (nSPS) is 13.3. The Morgan fingerprint density at radius 3 is 2.22 bits per heavy atom. The van der Waals surface area contributed by atoms with Crippen molar-refractivity contribution >= 4 is 11.6 Å². The number of rotatable bonds is 4. The number of hydrogen-bond acceptors (Lipinski definition) is 1. The van der Waals surface area contributed by atoms with E-state index in [0.717, 1.165) is 11.1 Å². The summed E-state index contributed by atoms with van der Waals surface area (Å²) in [6.07, 6.45) is 11.3. The fraction of sp³-hybridized carbons (Fsp3) is 0.105. The molecule has 0 amide bonds. The average molecular weight is 325 g/mol. The molecule has 1 aromatic heterocycles. The van der Waals surface area contributed by atoms with Gasteiger partial charge in [0.25, 0.3) is 0 Å². The first-order valence-electron chi connectivity index (χ1n) is 7.11. The molecule has 1 heterocycles. The van der Waals surface area contributed by atoms with E-state index in [0.29, 0.717) is 11.4 Å². The number of benzene rings is 2. The molecule has 3 rings (SSSR count). The van der Waals surface area contributed by atoms with E-state index in [1.807, 2.05) is 35.0 Å². The lowest BCUT2D eigenvalue weighted by Crippen LogP contribution is -2.35. The lowest BCUT2D eigenvalue weighted by atomic mass is 9.80. The van der Waals surface area contributed by atoms with Gasteiger partial charge in [-0.1, -0.05) is 35.9 Å². The predicted octanol–water partition coefficient (Wildman–Crippen LogP) is 4.49. The monoisotopic (exact) mass is 324 g/mol. The van der Waals surface area contributed by atoms with Gasteiger partial charge in [-0.2, -0.15) is 0 Å².